The Hall–Kier alpha value is -3.03. The molecule has 0 aliphatic carbocycles. The minimum atomic E-state index is -1.93. The van der Waals surface area contributed by atoms with E-state index in [0.29, 0.717) is 5.65 Å². The molecule has 0 bridgehead atoms. The van der Waals surface area contributed by atoms with E-state index in [9.17, 15) is 14.0 Å². The Morgan fingerprint density at radius 1 is 1.38 bits per heavy atom. The van der Waals surface area contributed by atoms with Crippen LogP contribution in [0.15, 0.2) is 41.6 Å². The highest BCUT2D eigenvalue weighted by Gasteiger charge is 2.20. The van der Waals surface area contributed by atoms with Gasteiger partial charge in [-0.3, -0.25) is 9.36 Å². The molecule has 124 valence electrons. The van der Waals surface area contributed by atoms with Gasteiger partial charge in [0.05, 0.1) is 25.5 Å². The summed E-state index contributed by atoms with van der Waals surface area (Å²) in [7, 11) is 1.09. The van der Waals surface area contributed by atoms with E-state index in [0.717, 1.165) is 22.9 Å². The number of nitrogens with zero attached hydrogens (tertiary/aromatic N) is 4. The van der Waals surface area contributed by atoms with Crippen molar-refractivity contribution in [3.8, 4) is 5.69 Å². The van der Waals surface area contributed by atoms with Gasteiger partial charge in [-0.2, -0.15) is 5.10 Å². The largest absolute Gasteiger partial charge is 0.467 e. The molecule has 7 nitrogen and oxygen atoms in total. The summed E-state index contributed by atoms with van der Waals surface area (Å²) in [6.07, 6.45) is 0.661. The number of aromatic nitrogens is 4. The number of carbonyl (C=O) groups excluding carboxylic acids is 1. The van der Waals surface area contributed by atoms with Gasteiger partial charge in [-0.1, -0.05) is 18.2 Å². The molecule has 0 spiro atoms. The molecule has 0 radical (unpaired) electrons. The van der Waals surface area contributed by atoms with Crippen LogP contribution in [0.1, 0.15) is 5.56 Å². The summed E-state index contributed by atoms with van der Waals surface area (Å²) >= 11 is 0. The molecular weight excluding hydrogens is 315 g/mol. The Morgan fingerprint density at radius 2 is 2.12 bits per heavy atom. The molecule has 0 saturated heterocycles. The zero-order chi connectivity index (χ0) is 17.3. The maximum absolute atomic E-state index is 13.7. The van der Waals surface area contributed by atoms with Crippen LogP contribution in [0.4, 0.5) is 4.39 Å². The number of benzene rings is 1. The molecule has 0 saturated carbocycles. The average Bonchev–Trinajstić information content (AvgIpc) is 3.01. The first-order chi connectivity index (χ1) is 11.5. The molecule has 1 unspecified atom stereocenters. The number of carbonyl (C=O) groups is 1. The van der Waals surface area contributed by atoms with Crippen LogP contribution >= 0.6 is 0 Å². The molecule has 0 amide bonds. The van der Waals surface area contributed by atoms with Crippen LogP contribution in [0.2, 0.25) is 0 Å². The van der Waals surface area contributed by atoms with Crippen molar-refractivity contribution in [2.45, 2.75) is 19.6 Å². The van der Waals surface area contributed by atoms with Crippen molar-refractivity contribution in [3.05, 3.63) is 52.7 Å². The second-order valence-corrected chi connectivity index (χ2v) is 5.27. The van der Waals surface area contributed by atoms with Gasteiger partial charge in [0.2, 0.25) is 6.17 Å². The number of alkyl halides is 1. The van der Waals surface area contributed by atoms with Crippen molar-refractivity contribution in [3.63, 3.8) is 0 Å². The maximum Gasteiger partial charge on any atom is 0.342 e. The molecule has 1 aromatic carbocycles. The average molecular weight is 330 g/mol. The zero-order valence-corrected chi connectivity index (χ0v) is 13.1. The fourth-order valence-corrected chi connectivity index (χ4v) is 2.43. The summed E-state index contributed by atoms with van der Waals surface area (Å²) in [5.74, 6) is -1.03. The van der Waals surface area contributed by atoms with Crippen LogP contribution in [0.5, 0.6) is 0 Å². The van der Waals surface area contributed by atoms with Gasteiger partial charge in [-0.05, 0) is 18.6 Å². The van der Waals surface area contributed by atoms with Gasteiger partial charge in [0.15, 0.2) is 5.65 Å². The van der Waals surface area contributed by atoms with Crippen LogP contribution in [0.25, 0.3) is 16.7 Å². The molecule has 0 aliphatic heterocycles. The topological polar surface area (TPSA) is 79.0 Å². The lowest BCUT2D eigenvalue weighted by molar-refractivity contribution is -0.147. The Kier molecular flexibility index (Phi) is 4.11. The smallest absolute Gasteiger partial charge is 0.342 e. The maximum atomic E-state index is 13.7. The molecule has 2 heterocycles. The minimum absolute atomic E-state index is 0.248. The van der Waals surface area contributed by atoms with Crippen LogP contribution < -0.4 is 5.56 Å². The highest BCUT2D eigenvalue weighted by molar-refractivity contribution is 5.76. The number of ether oxygens (including phenoxy) is 1. The first kappa shape index (κ1) is 15.9. The number of hydrogen-bond acceptors (Lipinski definition) is 5. The lowest BCUT2D eigenvalue weighted by Crippen LogP contribution is -2.29. The Bertz CT molecular complexity index is 963. The van der Waals surface area contributed by atoms with E-state index in [1.165, 1.54) is 12.5 Å². The number of rotatable bonds is 4. The number of esters is 1. The van der Waals surface area contributed by atoms with E-state index in [1.807, 2.05) is 31.2 Å². The van der Waals surface area contributed by atoms with Crippen LogP contribution in [-0.2, 0) is 16.1 Å². The molecule has 3 rings (SSSR count). The molecule has 0 aliphatic rings. The third kappa shape index (κ3) is 2.66. The molecule has 0 fully saturated rings. The number of hydrogen-bond donors (Lipinski definition) is 0. The Balaban J connectivity index is 2.05. The standard InChI is InChI=1S/C16H15FN4O3/c1-10-5-3-4-6-13(10)21-14-11(7-19-21)15(22)20(9-18-14)8-12(17)16(23)24-2/h3-7,9,12H,8H2,1-2H3. The third-order valence-corrected chi connectivity index (χ3v) is 3.71. The van der Waals surface area contributed by atoms with Crippen molar-refractivity contribution in [2.24, 2.45) is 0 Å². The van der Waals surface area contributed by atoms with E-state index in [-0.39, 0.29) is 5.39 Å². The molecular formula is C16H15FN4O3. The summed E-state index contributed by atoms with van der Waals surface area (Å²) in [6.45, 7) is 1.47. The fraction of sp³-hybridized carbons (Fsp3) is 0.250. The number of methoxy groups -OCH3 is 1. The van der Waals surface area contributed by atoms with E-state index >= 15 is 0 Å². The Morgan fingerprint density at radius 3 is 2.83 bits per heavy atom. The van der Waals surface area contributed by atoms with Crippen molar-refractivity contribution in [1.29, 1.82) is 0 Å². The predicted molar refractivity (Wildman–Crippen MR) is 84.8 cm³/mol. The van der Waals surface area contributed by atoms with Gasteiger partial charge < -0.3 is 4.74 Å². The second kappa shape index (κ2) is 6.23. The van der Waals surface area contributed by atoms with Crippen molar-refractivity contribution in [1.82, 2.24) is 19.3 Å². The normalized spacial score (nSPS) is 12.3. The number of aryl methyl sites for hydroxylation is 1. The van der Waals surface area contributed by atoms with Gasteiger partial charge in [0.1, 0.15) is 11.7 Å². The lowest BCUT2D eigenvalue weighted by atomic mass is 10.2. The van der Waals surface area contributed by atoms with E-state index in [2.05, 4.69) is 14.8 Å². The van der Waals surface area contributed by atoms with Gasteiger partial charge >= 0.3 is 5.97 Å². The molecule has 0 N–H and O–H groups in total. The highest BCUT2D eigenvalue weighted by Crippen LogP contribution is 2.17. The second-order valence-electron chi connectivity index (χ2n) is 5.27. The molecule has 1 atom stereocenters. The number of para-hydroxylation sites is 1. The molecule has 3 aromatic rings. The number of fused-ring (bicyclic) bond motifs is 1. The van der Waals surface area contributed by atoms with Crippen LogP contribution in [-0.4, -0.2) is 38.6 Å². The van der Waals surface area contributed by atoms with Gasteiger partial charge in [-0.25, -0.2) is 18.9 Å². The van der Waals surface area contributed by atoms with Crippen LogP contribution in [0, 0.1) is 6.92 Å². The third-order valence-electron chi connectivity index (χ3n) is 3.71. The predicted octanol–water partition coefficient (Wildman–Crippen LogP) is 1.40. The van der Waals surface area contributed by atoms with Crippen molar-refractivity contribution >= 4 is 17.0 Å². The first-order valence-corrected chi connectivity index (χ1v) is 7.24. The summed E-state index contributed by atoms with van der Waals surface area (Å²) in [5, 5.41) is 4.46. The summed E-state index contributed by atoms with van der Waals surface area (Å²) in [6, 6.07) is 7.55. The van der Waals surface area contributed by atoms with Gasteiger partial charge in [0.25, 0.3) is 5.56 Å². The fourth-order valence-electron chi connectivity index (χ4n) is 2.43. The molecule has 8 heteroatoms. The number of halogens is 1. The van der Waals surface area contributed by atoms with Crippen LogP contribution in [0.3, 0.4) is 0 Å². The Labute approximate surface area is 136 Å². The molecule has 2 aromatic heterocycles. The lowest BCUT2D eigenvalue weighted by Gasteiger charge is -2.09. The van der Waals surface area contributed by atoms with E-state index < -0.39 is 24.2 Å². The SMILES string of the molecule is COC(=O)C(F)Cn1cnc2c(cnn2-c2ccccc2C)c1=O. The monoisotopic (exact) mass is 330 g/mol. The molecule has 24 heavy (non-hydrogen) atoms. The van der Waals surface area contributed by atoms with Gasteiger partial charge in [0, 0.05) is 0 Å². The van der Waals surface area contributed by atoms with Gasteiger partial charge in [-0.15, -0.1) is 0 Å². The van der Waals surface area contributed by atoms with Crippen molar-refractivity contribution < 1.29 is 13.9 Å². The quantitative estimate of drug-likeness (QED) is 0.676. The van der Waals surface area contributed by atoms with E-state index in [4.69, 9.17) is 0 Å². The summed E-state index contributed by atoms with van der Waals surface area (Å²) in [4.78, 5) is 27.8. The summed E-state index contributed by atoms with van der Waals surface area (Å²) in [5.41, 5.74) is 1.68. The minimum Gasteiger partial charge on any atom is -0.467 e. The zero-order valence-electron chi connectivity index (χ0n) is 13.1. The van der Waals surface area contributed by atoms with E-state index in [1.54, 1.807) is 4.68 Å². The highest BCUT2D eigenvalue weighted by atomic mass is 19.1. The van der Waals surface area contributed by atoms with Crippen molar-refractivity contribution in [2.75, 3.05) is 7.11 Å². The summed E-state index contributed by atoms with van der Waals surface area (Å²) < 4.78 is 20.6. The first-order valence-electron chi connectivity index (χ1n) is 7.24.